The molecule has 0 N–H and O–H groups in total. The van der Waals surface area contributed by atoms with Gasteiger partial charge in [0.05, 0.1) is 0 Å². The van der Waals surface area contributed by atoms with Crippen molar-refractivity contribution < 1.29 is 0 Å². The van der Waals surface area contributed by atoms with E-state index >= 15 is 0 Å². The van der Waals surface area contributed by atoms with Crippen LogP contribution in [0.4, 0.5) is 0 Å². The van der Waals surface area contributed by atoms with E-state index < -0.39 is 0 Å². The van der Waals surface area contributed by atoms with Gasteiger partial charge in [0.2, 0.25) is 0 Å². The normalized spacial score (nSPS) is 10.2. The van der Waals surface area contributed by atoms with Crippen LogP contribution in [-0.4, -0.2) is 6.26 Å². The molecule has 0 aromatic heterocycles. The van der Waals surface area contributed by atoms with Crippen molar-refractivity contribution in [1.82, 2.24) is 0 Å². The third-order valence-electron chi connectivity index (χ3n) is 2.25. The number of hydrogen-bond acceptors (Lipinski definition) is 1. The Labute approximate surface area is 95.3 Å². The maximum Gasteiger partial charge on any atom is 0.0199 e. The first-order valence-corrected chi connectivity index (χ1v) is 6.15. The van der Waals surface area contributed by atoms with E-state index in [0.29, 0.717) is 0 Å². The summed E-state index contributed by atoms with van der Waals surface area (Å²) in [5, 5.41) is 0. The van der Waals surface area contributed by atoms with Gasteiger partial charge < -0.3 is 0 Å². The fourth-order valence-corrected chi connectivity index (χ4v) is 1.85. The first kappa shape index (κ1) is 10.3. The van der Waals surface area contributed by atoms with Crippen molar-refractivity contribution in [1.29, 1.82) is 0 Å². The Hall–Kier alpha value is -1.21. The Morgan fingerprint density at radius 3 is 2.00 bits per heavy atom. The zero-order valence-electron chi connectivity index (χ0n) is 8.68. The Kier molecular flexibility index (Phi) is 3.46. The van der Waals surface area contributed by atoms with E-state index in [1.807, 2.05) is 6.07 Å². The van der Waals surface area contributed by atoms with Gasteiger partial charge in [0.1, 0.15) is 0 Å². The highest BCUT2D eigenvalue weighted by Gasteiger charge is 1.96. The van der Waals surface area contributed by atoms with Crippen molar-refractivity contribution in [2.24, 2.45) is 0 Å². The molecule has 75 valence electrons. The molecule has 0 aliphatic carbocycles. The Morgan fingerprint density at radius 2 is 1.40 bits per heavy atom. The van der Waals surface area contributed by atoms with Gasteiger partial charge in [0.25, 0.3) is 0 Å². The van der Waals surface area contributed by atoms with Crippen molar-refractivity contribution in [3.05, 3.63) is 72.1 Å². The monoisotopic (exact) mass is 213 g/mol. The molecule has 1 radical (unpaired) electrons. The van der Waals surface area contributed by atoms with E-state index in [4.69, 9.17) is 0 Å². The average molecular weight is 213 g/mol. The van der Waals surface area contributed by atoms with Gasteiger partial charge in [-0.05, 0) is 29.5 Å². The smallest absolute Gasteiger partial charge is 0.0199 e. The summed E-state index contributed by atoms with van der Waals surface area (Å²) in [6.45, 7) is 0. The molecule has 0 aliphatic heterocycles. The molecule has 0 aliphatic rings. The van der Waals surface area contributed by atoms with E-state index in [9.17, 15) is 0 Å². The minimum atomic E-state index is 1.24. The fourth-order valence-electron chi connectivity index (χ4n) is 1.44. The van der Waals surface area contributed by atoms with Crippen LogP contribution < -0.4 is 0 Å². The lowest BCUT2D eigenvalue weighted by atomic mass is 10.1. The largest absolute Gasteiger partial charge is 0.130 e. The summed E-state index contributed by atoms with van der Waals surface area (Å²) in [4.78, 5) is 1.31. The lowest BCUT2D eigenvalue weighted by molar-refractivity contribution is 1.37. The van der Waals surface area contributed by atoms with Gasteiger partial charge in [0, 0.05) is 11.3 Å². The molecule has 0 saturated heterocycles. The highest BCUT2D eigenvalue weighted by atomic mass is 32.2. The zero-order valence-corrected chi connectivity index (χ0v) is 9.50. The molecule has 1 heteroatoms. The van der Waals surface area contributed by atoms with Gasteiger partial charge in [-0.1, -0.05) is 42.5 Å². The second kappa shape index (κ2) is 5.04. The summed E-state index contributed by atoms with van der Waals surface area (Å²) < 4.78 is 0. The Morgan fingerprint density at radius 1 is 0.800 bits per heavy atom. The predicted molar refractivity (Wildman–Crippen MR) is 67.2 cm³/mol. The quantitative estimate of drug-likeness (QED) is 0.694. The van der Waals surface area contributed by atoms with Crippen LogP contribution in [0, 0.1) is 6.42 Å². The zero-order chi connectivity index (χ0) is 10.5. The van der Waals surface area contributed by atoms with Gasteiger partial charge in [-0.2, -0.15) is 0 Å². The van der Waals surface area contributed by atoms with E-state index in [0.717, 1.165) is 0 Å². The van der Waals surface area contributed by atoms with E-state index in [1.54, 1.807) is 11.8 Å². The fraction of sp³-hybridized carbons (Fsp3) is 0.0714. The average Bonchev–Trinajstić information content (AvgIpc) is 2.31. The predicted octanol–water partition coefficient (Wildman–Crippen LogP) is 4.01. The molecule has 0 bridgehead atoms. The number of hydrogen-bond donors (Lipinski definition) is 0. The summed E-state index contributed by atoms with van der Waals surface area (Å²) in [5.74, 6) is 0. The molecule has 2 aromatic rings. The third-order valence-corrected chi connectivity index (χ3v) is 2.99. The SMILES string of the molecule is CSc1ccc([CH]c2ccccc2)cc1. The van der Waals surface area contributed by atoms with Crippen molar-refractivity contribution in [2.45, 2.75) is 4.90 Å². The highest BCUT2D eigenvalue weighted by molar-refractivity contribution is 7.98. The summed E-state index contributed by atoms with van der Waals surface area (Å²) in [6.07, 6.45) is 4.28. The van der Waals surface area contributed by atoms with Crippen LogP contribution in [-0.2, 0) is 0 Å². The van der Waals surface area contributed by atoms with Crippen LogP contribution in [0.5, 0.6) is 0 Å². The van der Waals surface area contributed by atoms with Crippen molar-refractivity contribution >= 4 is 11.8 Å². The Bertz CT molecular complexity index is 403. The van der Waals surface area contributed by atoms with E-state index in [2.05, 4.69) is 61.2 Å². The van der Waals surface area contributed by atoms with Gasteiger partial charge in [-0.15, -0.1) is 11.8 Å². The van der Waals surface area contributed by atoms with Gasteiger partial charge in [0.15, 0.2) is 0 Å². The summed E-state index contributed by atoms with van der Waals surface area (Å²) in [7, 11) is 0. The third kappa shape index (κ3) is 2.87. The first-order valence-electron chi connectivity index (χ1n) is 4.92. The topological polar surface area (TPSA) is 0 Å². The molecular weight excluding hydrogens is 200 g/mol. The minimum Gasteiger partial charge on any atom is -0.130 e. The maximum absolute atomic E-state index is 2.18. The molecule has 0 unspecified atom stereocenters. The molecule has 2 aromatic carbocycles. The molecule has 0 saturated carbocycles. The van der Waals surface area contributed by atoms with Crippen molar-refractivity contribution in [3.8, 4) is 0 Å². The van der Waals surface area contributed by atoms with Gasteiger partial charge >= 0.3 is 0 Å². The molecule has 2 rings (SSSR count). The van der Waals surface area contributed by atoms with Crippen LogP contribution in [0.1, 0.15) is 11.1 Å². The second-order valence-corrected chi connectivity index (χ2v) is 4.21. The molecule has 15 heavy (non-hydrogen) atoms. The number of thioether (sulfide) groups is 1. The van der Waals surface area contributed by atoms with E-state index in [-0.39, 0.29) is 0 Å². The second-order valence-electron chi connectivity index (χ2n) is 3.33. The van der Waals surface area contributed by atoms with Crippen molar-refractivity contribution in [3.63, 3.8) is 0 Å². The minimum absolute atomic E-state index is 1.24. The van der Waals surface area contributed by atoms with Crippen LogP contribution in [0.25, 0.3) is 0 Å². The van der Waals surface area contributed by atoms with Crippen LogP contribution in [0.3, 0.4) is 0 Å². The number of benzene rings is 2. The highest BCUT2D eigenvalue weighted by Crippen LogP contribution is 2.17. The van der Waals surface area contributed by atoms with Crippen LogP contribution in [0.15, 0.2) is 59.5 Å². The van der Waals surface area contributed by atoms with Gasteiger partial charge in [-0.3, -0.25) is 0 Å². The Balaban J connectivity index is 2.11. The molecule has 0 nitrogen and oxygen atoms in total. The maximum atomic E-state index is 2.18. The number of rotatable bonds is 3. The summed E-state index contributed by atoms with van der Waals surface area (Å²) in [6, 6.07) is 19.0. The molecule has 0 atom stereocenters. The summed E-state index contributed by atoms with van der Waals surface area (Å²) in [5.41, 5.74) is 2.49. The molecule has 0 heterocycles. The van der Waals surface area contributed by atoms with Gasteiger partial charge in [-0.25, -0.2) is 0 Å². The van der Waals surface area contributed by atoms with Crippen LogP contribution in [0.2, 0.25) is 0 Å². The lowest BCUT2D eigenvalue weighted by Crippen LogP contribution is -1.83. The standard InChI is InChI=1S/C14H13S/c1-15-14-9-7-13(8-10-14)11-12-5-3-2-4-6-12/h2-11H,1H3. The van der Waals surface area contributed by atoms with E-state index in [1.165, 1.54) is 16.0 Å². The molecule has 0 amide bonds. The van der Waals surface area contributed by atoms with Crippen molar-refractivity contribution in [2.75, 3.05) is 6.26 Å². The summed E-state index contributed by atoms with van der Waals surface area (Å²) >= 11 is 1.77. The van der Waals surface area contributed by atoms with Crippen LogP contribution >= 0.6 is 11.8 Å². The molecular formula is C14H13S. The lowest BCUT2D eigenvalue weighted by Gasteiger charge is -2.02. The molecule has 0 spiro atoms. The first-order chi connectivity index (χ1) is 7.38. The molecule has 0 fully saturated rings.